The van der Waals surface area contributed by atoms with Crippen LogP contribution in [0, 0.1) is 5.92 Å². The van der Waals surface area contributed by atoms with Crippen LogP contribution in [0.25, 0.3) is 0 Å². The van der Waals surface area contributed by atoms with Crippen LogP contribution in [0.1, 0.15) is 37.5 Å². The maximum absolute atomic E-state index is 11.5. The van der Waals surface area contributed by atoms with E-state index in [-0.39, 0.29) is 0 Å². The fraction of sp³-hybridized carbons (Fsp3) is 0.615. The van der Waals surface area contributed by atoms with Crippen molar-refractivity contribution in [2.45, 2.75) is 44.7 Å². The fourth-order valence-electron chi connectivity index (χ4n) is 2.39. The molecule has 1 saturated carbocycles. The quantitative estimate of drug-likeness (QED) is 0.867. The molecule has 17 heavy (non-hydrogen) atoms. The van der Waals surface area contributed by atoms with E-state index in [4.69, 9.17) is 0 Å². The molecular weight excluding hydrogens is 234 g/mol. The van der Waals surface area contributed by atoms with Crippen molar-refractivity contribution < 1.29 is 9.90 Å². The Morgan fingerprint density at radius 3 is 2.82 bits per heavy atom. The number of hydrogen-bond acceptors (Lipinski definition) is 3. The molecule has 0 radical (unpaired) electrons. The first kappa shape index (κ1) is 12.6. The van der Waals surface area contributed by atoms with Crippen molar-refractivity contribution in [2.75, 3.05) is 0 Å². The summed E-state index contributed by atoms with van der Waals surface area (Å²) in [5.41, 5.74) is -0.698. The molecule has 0 unspecified atom stereocenters. The van der Waals surface area contributed by atoms with Gasteiger partial charge in [-0.25, -0.2) is 0 Å². The molecule has 0 aromatic carbocycles. The van der Waals surface area contributed by atoms with Crippen molar-refractivity contribution >= 4 is 17.3 Å². The highest BCUT2D eigenvalue weighted by molar-refractivity contribution is 7.09. The third-order valence-corrected chi connectivity index (χ3v) is 4.59. The number of rotatable bonds is 4. The molecule has 1 aromatic rings. The zero-order valence-corrected chi connectivity index (χ0v) is 10.9. The topological polar surface area (TPSA) is 49.3 Å². The molecule has 0 atom stereocenters. The Morgan fingerprint density at radius 2 is 2.29 bits per heavy atom. The average Bonchev–Trinajstić information content (AvgIpc) is 2.81. The summed E-state index contributed by atoms with van der Waals surface area (Å²) in [6.07, 6.45) is 3.50. The van der Waals surface area contributed by atoms with E-state index in [9.17, 15) is 9.90 Å². The van der Waals surface area contributed by atoms with E-state index in [1.807, 2.05) is 17.5 Å². The van der Waals surface area contributed by atoms with Gasteiger partial charge in [0.2, 0.25) is 0 Å². The molecular formula is C13H19NO2S. The molecule has 0 saturated heterocycles. The van der Waals surface area contributed by atoms with Gasteiger partial charge in [0.05, 0.1) is 0 Å². The molecule has 4 heteroatoms. The van der Waals surface area contributed by atoms with Gasteiger partial charge >= 0.3 is 5.97 Å². The van der Waals surface area contributed by atoms with Gasteiger partial charge in [-0.3, -0.25) is 10.1 Å². The monoisotopic (exact) mass is 253 g/mol. The highest BCUT2D eigenvalue weighted by Crippen LogP contribution is 2.32. The summed E-state index contributed by atoms with van der Waals surface area (Å²) < 4.78 is 0. The number of carboxylic acids is 1. The summed E-state index contributed by atoms with van der Waals surface area (Å²) in [4.78, 5) is 12.7. The van der Waals surface area contributed by atoms with Gasteiger partial charge in [-0.15, -0.1) is 11.3 Å². The number of hydrogen-bond donors (Lipinski definition) is 2. The zero-order valence-electron chi connectivity index (χ0n) is 10.1. The molecule has 0 aliphatic heterocycles. The number of thiophene rings is 1. The van der Waals surface area contributed by atoms with Crippen LogP contribution in [0.4, 0.5) is 0 Å². The standard InChI is InChI=1S/C13H19NO2S/c1-10-4-6-13(7-5-10,12(15)16)14-9-11-3-2-8-17-11/h2-3,8,10,14H,4-7,9H2,1H3,(H,15,16). The van der Waals surface area contributed by atoms with E-state index in [1.54, 1.807) is 11.3 Å². The van der Waals surface area contributed by atoms with Crippen molar-refractivity contribution in [3.63, 3.8) is 0 Å². The lowest BCUT2D eigenvalue weighted by molar-refractivity contribution is -0.146. The van der Waals surface area contributed by atoms with Crippen LogP contribution in [0.2, 0.25) is 0 Å². The summed E-state index contributed by atoms with van der Waals surface area (Å²) in [6, 6.07) is 4.04. The molecule has 2 N–H and O–H groups in total. The number of nitrogens with one attached hydrogen (secondary N) is 1. The van der Waals surface area contributed by atoms with Crippen molar-refractivity contribution in [1.82, 2.24) is 5.32 Å². The van der Waals surface area contributed by atoms with Crippen LogP contribution in [0.3, 0.4) is 0 Å². The second-order valence-electron chi connectivity index (χ2n) is 5.00. The first-order valence-corrected chi connectivity index (χ1v) is 7.01. The maximum Gasteiger partial charge on any atom is 0.323 e. The number of carboxylic acid groups (broad SMARTS) is 1. The van der Waals surface area contributed by atoms with Crippen LogP contribution < -0.4 is 5.32 Å². The lowest BCUT2D eigenvalue weighted by Gasteiger charge is -2.36. The van der Waals surface area contributed by atoms with E-state index in [0.717, 1.165) is 25.7 Å². The van der Waals surface area contributed by atoms with Gasteiger partial charge in [0.25, 0.3) is 0 Å². The smallest absolute Gasteiger partial charge is 0.323 e. The second kappa shape index (κ2) is 5.19. The van der Waals surface area contributed by atoms with Crippen LogP contribution >= 0.6 is 11.3 Å². The molecule has 1 fully saturated rings. The Labute approximate surface area is 106 Å². The lowest BCUT2D eigenvalue weighted by Crippen LogP contribution is -2.53. The predicted octanol–water partition coefficient (Wildman–Crippen LogP) is 2.87. The Morgan fingerprint density at radius 1 is 1.59 bits per heavy atom. The first-order chi connectivity index (χ1) is 8.12. The summed E-state index contributed by atoms with van der Waals surface area (Å²) >= 11 is 1.67. The molecule has 0 spiro atoms. The summed E-state index contributed by atoms with van der Waals surface area (Å²) in [7, 11) is 0. The largest absolute Gasteiger partial charge is 0.480 e. The van der Waals surface area contributed by atoms with E-state index in [1.165, 1.54) is 4.88 Å². The normalized spacial score (nSPS) is 29.1. The molecule has 94 valence electrons. The predicted molar refractivity (Wildman–Crippen MR) is 69.2 cm³/mol. The Hall–Kier alpha value is -0.870. The van der Waals surface area contributed by atoms with Gasteiger partial charge < -0.3 is 5.11 Å². The number of aliphatic carboxylic acids is 1. The minimum Gasteiger partial charge on any atom is -0.480 e. The van der Waals surface area contributed by atoms with Crippen molar-refractivity contribution in [3.05, 3.63) is 22.4 Å². The molecule has 0 bridgehead atoms. The van der Waals surface area contributed by atoms with E-state index >= 15 is 0 Å². The minimum atomic E-state index is -0.698. The number of carbonyl (C=O) groups is 1. The first-order valence-electron chi connectivity index (χ1n) is 6.13. The lowest BCUT2D eigenvalue weighted by atomic mass is 9.77. The van der Waals surface area contributed by atoms with Gasteiger partial charge in [-0.1, -0.05) is 13.0 Å². The summed E-state index contributed by atoms with van der Waals surface area (Å²) in [6.45, 7) is 2.86. The summed E-state index contributed by atoms with van der Waals surface area (Å²) in [5.74, 6) is -0.0352. The molecule has 2 rings (SSSR count). The SMILES string of the molecule is CC1CCC(NCc2cccs2)(C(=O)O)CC1. The van der Waals surface area contributed by atoms with E-state index in [2.05, 4.69) is 12.2 Å². The van der Waals surface area contributed by atoms with Crippen LogP contribution in [0.15, 0.2) is 17.5 Å². The Kier molecular flexibility index (Phi) is 3.84. The third-order valence-electron chi connectivity index (χ3n) is 3.72. The Balaban J connectivity index is 2.00. The molecule has 0 amide bonds. The second-order valence-corrected chi connectivity index (χ2v) is 6.03. The van der Waals surface area contributed by atoms with Crippen LogP contribution in [-0.4, -0.2) is 16.6 Å². The van der Waals surface area contributed by atoms with Gasteiger partial charge in [-0.05, 0) is 43.0 Å². The molecule has 1 aliphatic carbocycles. The molecule has 3 nitrogen and oxygen atoms in total. The zero-order chi connectivity index (χ0) is 12.3. The highest BCUT2D eigenvalue weighted by Gasteiger charge is 2.40. The molecule has 1 aromatic heterocycles. The van der Waals surface area contributed by atoms with Crippen LogP contribution in [-0.2, 0) is 11.3 Å². The van der Waals surface area contributed by atoms with Gasteiger partial charge in [0, 0.05) is 11.4 Å². The van der Waals surface area contributed by atoms with Gasteiger partial charge in [0.15, 0.2) is 0 Å². The fourth-order valence-corrected chi connectivity index (χ4v) is 3.04. The highest BCUT2D eigenvalue weighted by atomic mass is 32.1. The van der Waals surface area contributed by atoms with E-state index in [0.29, 0.717) is 12.5 Å². The van der Waals surface area contributed by atoms with E-state index < -0.39 is 11.5 Å². The summed E-state index contributed by atoms with van der Waals surface area (Å²) in [5, 5.41) is 14.7. The van der Waals surface area contributed by atoms with Crippen molar-refractivity contribution in [2.24, 2.45) is 5.92 Å². The third kappa shape index (κ3) is 2.87. The van der Waals surface area contributed by atoms with Gasteiger partial charge in [0.1, 0.15) is 5.54 Å². The Bertz CT molecular complexity index is 367. The maximum atomic E-state index is 11.5. The van der Waals surface area contributed by atoms with Crippen molar-refractivity contribution in [3.8, 4) is 0 Å². The average molecular weight is 253 g/mol. The van der Waals surface area contributed by atoms with Crippen LogP contribution in [0.5, 0.6) is 0 Å². The van der Waals surface area contributed by atoms with Crippen molar-refractivity contribution in [1.29, 1.82) is 0 Å². The molecule has 1 heterocycles. The minimum absolute atomic E-state index is 0.658. The van der Waals surface area contributed by atoms with Gasteiger partial charge in [-0.2, -0.15) is 0 Å². The molecule has 1 aliphatic rings.